The molecule has 3 rings (SSSR count). The van der Waals surface area contributed by atoms with Crippen LogP contribution >= 0.6 is 0 Å². The number of benzene rings is 2. The molecule has 4 heteroatoms. The number of anilines is 1. The SMILES string of the molecule is Cc1ccccc1N1CCN(C(C)Oc2cc(C(C)C)cc(O)c2C)CC1. The summed E-state index contributed by atoms with van der Waals surface area (Å²) >= 11 is 0. The van der Waals surface area contributed by atoms with Crippen molar-refractivity contribution in [2.75, 3.05) is 31.1 Å². The summed E-state index contributed by atoms with van der Waals surface area (Å²) in [5.74, 6) is 1.45. The molecule has 1 saturated heterocycles. The topological polar surface area (TPSA) is 35.9 Å². The van der Waals surface area contributed by atoms with E-state index in [-0.39, 0.29) is 6.23 Å². The van der Waals surface area contributed by atoms with Crippen molar-refractivity contribution in [3.63, 3.8) is 0 Å². The number of aryl methyl sites for hydroxylation is 1. The predicted molar refractivity (Wildman–Crippen MR) is 112 cm³/mol. The normalized spacial score (nSPS) is 16.6. The van der Waals surface area contributed by atoms with Crippen molar-refractivity contribution in [1.29, 1.82) is 0 Å². The number of piperazine rings is 1. The highest BCUT2D eigenvalue weighted by Gasteiger charge is 2.24. The van der Waals surface area contributed by atoms with E-state index in [4.69, 9.17) is 4.74 Å². The van der Waals surface area contributed by atoms with E-state index in [1.54, 1.807) is 0 Å². The second-order valence-corrected chi connectivity index (χ2v) is 7.84. The van der Waals surface area contributed by atoms with Gasteiger partial charge >= 0.3 is 0 Å². The Hall–Kier alpha value is -2.20. The van der Waals surface area contributed by atoms with Crippen LogP contribution < -0.4 is 9.64 Å². The number of hydrogen-bond acceptors (Lipinski definition) is 4. The van der Waals surface area contributed by atoms with E-state index in [0.717, 1.165) is 43.1 Å². The molecule has 0 radical (unpaired) electrons. The molecule has 1 N–H and O–H groups in total. The number of aromatic hydroxyl groups is 1. The summed E-state index contributed by atoms with van der Waals surface area (Å²) in [6.45, 7) is 14.4. The fourth-order valence-corrected chi connectivity index (χ4v) is 3.65. The summed E-state index contributed by atoms with van der Waals surface area (Å²) in [5.41, 5.74) is 4.57. The minimum Gasteiger partial charge on any atom is -0.508 e. The second-order valence-electron chi connectivity index (χ2n) is 7.84. The maximum Gasteiger partial charge on any atom is 0.149 e. The first-order chi connectivity index (χ1) is 12.9. The fraction of sp³-hybridized carbons (Fsp3) is 0.478. The maximum atomic E-state index is 10.2. The highest BCUT2D eigenvalue weighted by Crippen LogP contribution is 2.33. The molecule has 0 aliphatic carbocycles. The van der Waals surface area contributed by atoms with Crippen LogP contribution in [0.4, 0.5) is 5.69 Å². The number of ether oxygens (including phenoxy) is 1. The quantitative estimate of drug-likeness (QED) is 0.831. The van der Waals surface area contributed by atoms with Gasteiger partial charge in [0.15, 0.2) is 0 Å². The molecule has 146 valence electrons. The van der Waals surface area contributed by atoms with Crippen molar-refractivity contribution in [2.45, 2.75) is 46.8 Å². The van der Waals surface area contributed by atoms with Gasteiger partial charge in [-0.1, -0.05) is 32.0 Å². The van der Waals surface area contributed by atoms with E-state index < -0.39 is 0 Å². The van der Waals surface area contributed by atoms with E-state index in [1.165, 1.54) is 11.3 Å². The zero-order chi connectivity index (χ0) is 19.6. The Kier molecular flexibility index (Phi) is 5.95. The maximum absolute atomic E-state index is 10.2. The van der Waals surface area contributed by atoms with Crippen LogP contribution in [0.5, 0.6) is 11.5 Å². The Labute approximate surface area is 163 Å². The number of rotatable bonds is 5. The van der Waals surface area contributed by atoms with Gasteiger partial charge in [0.2, 0.25) is 0 Å². The minimum absolute atomic E-state index is 0.0236. The third-order valence-electron chi connectivity index (χ3n) is 5.60. The standard InChI is InChI=1S/C23H32N2O2/c1-16(2)20-14-22(26)18(4)23(15-20)27-19(5)24-10-12-25(13-11-24)21-9-7-6-8-17(21)3/h6-9,14-16,19,26H,10-13H2,1-5H3. The summed E-state index contributed by atoms with van der Waals surface area (Å²) in [7, 11) is 0. The summed E-state index contributed by atoms with van der Waals surface area (Å²) in [5, 5.41) is 10.2. The lowest BCUT2D eigenvalue weighted by Gasteiger charge is -2.39. The van der Waals surface area contributed by atoms with Crippen LogP contribution in [0.15, 0.2) is 36.4 Å². The zero-order valence-corrected chi connectivity index (χ0v) is 17.2. The van der Waals surface area contributed by atoms with E-state index in [9.17, 15) is 5.11 Å². The van der Waals surface area contributed by atoms with E-state index in [2.05, 4.69) is 67.8 Å². The van der Waals surface area contributed by atoms with Crippen LogP contribution in [0.3, 0.4) is 0 Å². The number of hydrogen-bond donors (Lipinski definition) is 1. The molecule has 4 nitrogen and oxygen atoms in total. The van der Waals surface area contributed by atoms with E-state index >= 15 is 0 Å². The smallest absolute Gasteiger partial charge is 0.149 e. The Morgan fingerprint density at radius 3 is 2.26 bits per heavy atom. The van der Waals surface area contributed by atoms with Crippen LogP contribution in [-0.4, -0.2) is 42.4 Å². The third-order valence-corrected chi connectivity index (χ3v) is 5.60. The van der Waals surface area contributed by atoms with Crippen molar-refractivity contribution in [2.24, 2.45) is 0 Å². The summed E-state index contributed by atoms with van der Waals surface area (Å²) in [6.07, 6.45) is -0.0236. The summed E-state index contributed by atoms with van der Waals surface area (Å²) in [4.78, 5) is 4.82. The molecule has 2 aromatic carbocycles. The van der Waals surface area contributed by atoms with Crippen molar-refractivity contribution < 1.29 is 9.84 Å². The van der Waals surface area contributed by atoms with Gasteiger partial charge in [-0.25, -0.2) is 0 Å². The first kappa shape index (κ1) is 19.6. The molecule has 1 atom stereocenters. The van der Waals surface area contributed by atoms with Crippen molar-refractivity contribution in [3.8, 4) is 11.5 Å². The lowest BCUT2D eigenvalue weighted by atomic mass is 10.0. The average Bonchev–Trinajstić information content (AvgIpc) is 2.65. The van der Waals surface area contributed by atoms with Gasteiger partial charge in [0.05, 0.1) is 0 Å². The average molecular weight is 369 g/mol. The van der Waals surface area contributed by atoms with Crippen LogP contribution in [0.25, 0.3) is 0 Å². The monoisotopic (exact) mass is 368 g/mol. The Balaban J connectivity index is 1.65. The molecule has 0 saturated carbocycles. The lowest BCUT2D eigenvalue weighted by molar-refractivity contribution is 0.0349. The first-order valence-electron chi connectivity index (χ1n) is 9.91. The molecule has 1 fully saturated rings. The predicted octanol–water partition coefficient (Wildman–Crippen LogP) is 4.68. The molecule has 1 heterocycles. The van der Waals surface area contributed by atoms with Gasteiger partial charge in [0, 0.05) is 37.4 Å². The lowest BCUT2D eigenvalue weighted by Crippen LogP contribution is -2.51. The van der Waals surface area contributed by atoms with Gasteiger partial charge in [-0.2, -0.15) is 0 Å². The number of para-hydroxylation sites is 1. The van der Waals surface area contributed by atoms with Gasteiger partial charge in [0.1, 0.15) is 17.7 Å². The molecular formula is C23H32N2O2. The summed E-state index contributed by atoms with van der Waals surface area (Å²) < 4.78 is 6.27. The highest BCUT2D eigenvalue weighted by atomic mass is 16.5. The van der Waals surface area contributed by atoms with Gasteiger partial charge in [-0.15, -0.1) is 0 Å². The van der Waals surface area contributed by atoms with Crippen molar-refractivity contribution >= 4 is 5.69 Å². The van der Waals surface area contributed by atoms with Gasteiger partial charge in [-0.05, 0) is 56.0 Å². The number of phenols is 1. The fourth-order valence-electron chi connectivity index (χ4n) is 3.65. The van der Waals surface area contributed by atoms with Crippen molar-refractivity contribution in [3.05, 3.63) is 53.1 Å². The second kappa shape index (κ2) is 8.22. The van der Waals surface area contributed by atoms with Crippen LogP contribution in [0.1, 0.15) is 43.4 Å². The van der Waals surface area contributed by atoms with Crippen LogP contribution in [0.2, 0.25) is 0 Å². The molecule has 1 aliphatic rings. The molecule has 0 bridgehead atoms. The zero-order valence-electron chi connectivity index (χ0n) is 17.2. The first-order valence-corrected chi connectivity index (χ1v) is 9.91. The van der Waals surface area contributed by atoms with Crippen LogP contribution in [0, 0.1) is 13.8 Å². The molecule has 27 heavy (non-hydrogen) atoms. The Bertz CT molecular complexity index is 780. The van der Waals surface area contributed by atoms with Gasteiger partial charge < -0.3 is 14.7 Å². The Morgan fingerprint density at radius 2 is 1.63 bits per heavy atom. The van der Waals surface area contributed by atoms with E-state index in [0.29, 0.717) is 11.7 Å². The molecular weight excluding hydrogens is 336 g/mol. The van der Waals surface area contributed by atoms with Gasteiger partial charge in [-0.3, -0.25) is 4.90 Å². The summed E-state index contributed by atoms with van der Waals surface area (Å²) in [6, 6.07) is 12.5. The molecule has 0 spiro atoms. The Morgan fingerprint density at radius 1 is 0.963 bits per heavy atom. The molecule has 0 aromatic heterocycles. The van der Waals surface area contributed by atoms with Crippen LogP contribution in [-0.2, 0) is 0 Å². The van der Waals surface area contributed by atoms with Crippen molar-refractivity contribution in [1.82, 2.24) is 4.90 Å². The number of nitrogens with zero attached hydrogens (tertiary/aromatic N) is 2. The minimum atomic E-state index is -0.0236. The molecule has 1 unspecified atom stereocenters. The third kappa shape index (κ3) is 4.38. The van der Waals surface area contributed by atoms with E-state index in [1.807, 2.05) is 13.0 Å². The highest BCUT2D eigenvalue weighted by molar-refractivity contribution is 5.53. The molecule has 1 aliphatic heterocycles. The molecule has 2 aromatic rings. The largest absolute Gasteiger partial charge is 0.508 e. The molecule has 0 amide bonds. The van der Waals surface area contributed by atoms with Gasteiger partial charge in [0.25, 0.3) is 0 Å². The number of phenolic OH excluding ortho intramolecular Hbond substituents is 1.